The van der Waals surface area contributed by atoms with E-state index in [1.807, 2.05) is 0 Å². The van der Waals surface area contributed by atoms with Crippen molar-refractivity contribution in [1.82, 2.24) is 4.98 Å². The lowest BCUT2D eigenvalue weighted by atomic mass is 10.1. The number of nitrogens with two attached hydrogens (primary N) is 1. The summed E-state index contributed by atoms with van der Waals surface area (Å²) in [5, 5.41) is 0. The van der Waals surface area contributed by atoms with Gasteiger partial charge in [0.15, 0.2) is 11.5 Å². The van der Waals surface area contributed by atoms with Gasteiger partial charge in [0.2, 0.25) is 0 Å². The second kappa shape index (κ2) is 4.35. The highest BCUT2D eigenvalue weighted by molar-refractivity contribution is 5.76. The highest BCUT2D eigenvalue weighted by Crippen LogP contribution is 2.21. The third kappa shape index (κ3) is 2.27. The van der Waals surface area contributed by atoms with E-state index >= 15 is 0 Å². The molecule has 2 N–H and O–H groups in total. The molecule has 0 saturated carbocycles. The van der Waals surface area contributed by atoms with Gasteiger partial charge in [0, 0.05) is 17.8 Å². The molecule has 5 heteroatoms. The molecule has 3 aromatic rings. The fourth-order valence-corrected chi connectivity index (χ4v) is 1.89. The first-order valence-electron chi connectivity index (χ1n) is 5.71. The average molecular weight is 260 g/mol. The summed E-state index contributed by atoms with van der Waals surface area (Å²) >= 11 is 0. The molecule has 96 valence electrons. The van der Waals surface area contributed by atoms with Crippen LogP contribution in [-0.4, -0.2) is 4.98 Å². The van der Waals surface area contributed by atoms with Gasteiger partial charge in [-0.1, -0.05) is 6.07 Å². The summed E-state index contributed by atoms with van der Waals surface area (Å²) in [6.45, 7) is 0. The Balaban J connectivity index is 1.96. The second-order valence-electron chi connectivity index (χ2n) is 4.25. The predicted octanol–water partition coefficient (Wildman–Crippen LogP) is 3.28. The second-order valence-corrected chi connectivity index (χ2v) is 4.25. The molecule has 3 nitrogen and oxygen atoms in total. The zero-order valence-corrected chi connectivity index (χ0v) is 9.86. The molecule has 0 spiro atoms. The maximum Gasteiger partial charge on any atom is 0.200 e. The van der Waals surface area contributed by atoms with E-state index in [1.165, 1.54) is 12.1 Å². The SMILES string of the molecule is Nc1ccc2nc(Cc3ccc(F)cc3F)oc2c1. The van der Waals surface area contributed by atoms with Crippen molar-refractivity contribution in [3.05, 3.63) is 59.5 Å². The third-order valence-electron chi connectivity index (χ3n) is 2.81. The van der Waals surface area contributed by atoms with Gasteiger partial charge >= 0.3 is 0 Å². The largest absolute Gasteiger partial charge is 0.440 e. The van der Waals surface area contributed by atoms with Gasteiger partial charge in [-0.25, -0.2) is 13.8 Å². The minimum Gasteiger partial charge on any atom is -0.440 e. The van der Waals surface area contributed by atoms with Crippen molar-refractivity contribution in [1.29, 1.82) is 0 Å². The molecular formula is C14H10F2N2O. The summed E-state index contributed by atoms with van der Waals surface area (Å²) < 4.78 is 31.8. The van der Waals surface area contributed by atoms with Crippen molar-refractivity contribution in [2.24, 2.45) is 0 Å². The lowest BCUT2D eigenvalue weighted by Gasteiger charge is -1.99. The van der Waals surface area contributed by atoms with Crippen LogP contribution in [0.15, 0.2) is 40.8 Å². The standard InChI is InChI=1S/C14H10F2N2O/c15-9-2-1-8(11(16)6-9)5-14-18-12-4-3-10(17)7-13(12)19-14/h1-4,6-7H,5,17H2. The first-order chi connectivity index (χ1) is 9.11. The van der Waals surface area contributed by atoms with E-state index < -0.39 is 11.6 Å². The van der Waals surface area contributed by atoms with Crippen molar-refractivity contribution in [3.63, 3.8) is 0 Å². The lowest BCUT2D eigenvalue weighted by molar-refractivity contribution is 0.529. The maximum atomic E-state index is 13.5. The van der Waals surface area contributed by atoms with Crippen LogP contribution in [0.2, 0.25) is 0 Å². The Bertz CT molecular complexity index is 752. The van der Waals surface area contributed by atoms with E-state index in [1.54, 1.807) is 18.2 Å². The summed E-state index contributed by atoms with van der Waals surface area (Å²) in [7, 11) is 0. The molecular weight excluding hydrogens is 250 g/mol. The number of fused-ring (bicyclic) bond motifs is 1. The molecule has 0 saturated heterocycles. The molecule has 2 aromatic carbocycles. The molecule has 0 unspecified atom stereocenters. The van der Waals surface area contributed by atoms with E-state index in [0.717, 1.165) is 6.07 Å². The Morgan fingerprint density at radius 1 is 1.11 bits per heavy atom. The van der Waals surface area contributed by atoms with Crippen LogP contribution in [0.25, 0.3) is 11.1 Å². The van der Waals surface area contributed by atoms with Gasteiger partial charge in [0.25, 0.3) is 0 Å². The van der Waals surface area contributed by atoms with Crippen molar-refractivity contribution < 1.29 is 13.2 Å². The van der Waals surface area contributed by atoms with E-state index in [4.69, 9.17) is 10.2 Å². The Hall–Kier alpha value is -2.43. The summed E-state index contributed by atoms with van der Waals surface area (Å²) in [4.78, 5) is 4.23. The van der Waals surface area contributed by atoms with Crippen LogP contribution >= 0.6 is 0 Å². The van der Waals surface area contributed by atoms with Crippen LogP contribution in [0.3, 0.4) is 0 Å². The van der Waals surface area contributed by atoms with E-state index in [0.29, 0.717) is 28.2 Å². The Morgan fingerprint density at radius 3 is 2.74 bits per heavy atom. The van der Waals surface area contributed by atoms with Crippen molar-refractivity contribution >= 4 is 16.8 Å². The molecule has 0 aliphatic heterocycles. The minimum atomic E-state index is -0.609. The van der Waals surface area contributed by atoms with Crippen molar-refractivity contribution in [3.8, 4) is 0 Å². The highest BCUT2D eigenvalue weighted by Gasteiger charge is 2.10. The van der Waals surface area contributed by atoms with E-state index in [-0.39, 0.29) is 6.42 Å². The van der Waals surface area contributed by atoms with E-state index in [9.17, 15) is 8.78 Å². The molecule has 1 aromatic heterocycles. The maximum absolute atomic E-state index is 13.5. The normalized spacial score (nSPS) is 11.1. The molecule has 1 heterocycles. The predicted molar refractivity (Wildman–Crippen MR) is 67.6 cm³/mol. The molecule has 0 radical (unpaired) electrons. The van der Waals surface area contributed by atoms with Gasteiger partial charge < -0.3 is 10.2 Å². The summed E-state index contributed by atoms with van der Waals surface area (Å²) in [6, 6.07) is 8.54. The molecule has 0 aliphatic carbocycles. The van der Waals surface area contributed by atoms with Gasteiger partial charge in [-0.05, 0) is 23.8 Å². The van der Waals surface area contributed by atoms with E-state index in [2.05, 4.69) is 4.98 Å². The summed E-state index contributed by atoms with van der Waals surface area (Å²) in [5.41, 5.74) is 7.76. The molecule has 0 atom stereocenters. The monoisotopic (exact) mass is 260 g/mol. The molecule has 0 bridgehead atoms. The Morgan fingerprint density at radius 2 is 1.95 bits per heavy atom. The fraction of sp³-hybridized carbons (Fsp3) is 0.0714. The summed E-state index contributed by atoms with van der Waals surface area (Å²) in [5.74, 6) is -0.848. The van der Waals surface area contributed by atoms with Crippen molar-refractivity contribution in [2.75, 3.05) is 5.73 Å². The first-order valence-corrected chi connectivity index (χ1v) is 5.71. The van der Waals surface area contributed by atoms with Crippen LogP contribution in [0.4, 0.5) is 14.5 Å². The van der Waals surface area contributed by atoms with Crippen molar-refractivity contribution in [2.45, 2.75) is 6.42 Å². The van der Waals surface area contributed by atoms with Gasteiger partial charge in [-0.2, -0.15) is 0 Å². The number of hydrogen-bond acceptors (Lipinski definition) is 3. The third-order valence-corrected chi connectivity index (χ3v) is 2.81. The minimum absolute atomic E-state index is 0.167. The quantitative estimate of drug-likeness (QED) is 0.719. The number of oxazole rings is 1. The number of aromatic nitrogens is 1. The molecule has 19 heavy (non-hydrogen) atoms. The average Bonchev–Trinajstić information content (AvgIpc) is 2.74. The number of nitrogen functional groups attached to an aromatic ring is 1. The molecule has 0 fully saturated rings. The van der Waals surface area contributed by atoms with Crippen LogP contribution < -0.4 is 5.73 Å². The number of anilines is 1. The topological polar surface area (TPSA) is 52.0 Å². The number of benzene rings is 2. The first kappa shape index (κ1) is 11.6. The van der Waals surface area contributed by atoms with Crippen LogP contribution in [0.1, 0.15) is 11.5 Å². The van der Waals surface area contributed by atoms with Gasteiger partial charge in [0.05, 0.1) is 6.42 Å². The van der Waals surface area contributed by atoms with Crippen LogP contribution in [0.5, 0.6) is 0 Å². The number of rotatable bonds is 2. The fourth-order valence-electron chi connectivity index (χ4n) is 1.89. The molecule has 0 amide bonds. The zero-order chi connectivity index (χ0) is 13.4. The van der Waals surface area contributed by atoms with Gasteiger partial charge in [-0.15, -0.1) is 0 Å². The van der Waals surface area contributed by atoms with Crippen LogP contribution in [0, 0.1) is 11.6 Å². The smallest absolute Gasteiger partial charge is 0.200 e. The lowest BCUT2D eigenvalue weighted by Crippen LogP contribution is -1.93. The highest BCUT2D eigenvalue weighted by atomic mass is 19.1. The zero-order valence-electron chi connectivity index (χ0n) is 9.86. The molecule has 0 aliphatic rings. The Labute approximate surface area is 107 Å². The Kier molecular flexibility index (Phi) is 2.67. The molecule has 3 rings (SSSR count). The van der Waals surface area contributed by atoms with Crippen LogP contribution in [-0.2, 0) is 6.42 Å². The van der Waals surface area contributed by atoms with Gasteiger partial charge in [0.1, 0.15) is 17.2 Å². The van der Waals surface area contributed by atoms with Gasteiger partial charge in [-0.3, -0.25) is 0 Å². The number of halogens is 2. The summed E-state index contributed by atoms with van der Waals surface area (Å²) in [6.07, 6.45) is 0.167. The number of nitrogens with zero attached hydrogens (tertiary/aromatic N) is 1. The number of hydrogen-bond donors (Lipinski definition) is 1.